The van der Waals surface area contributed by atoms with Crippen LogP contribution in [0.1, 0.15) is 51.8 Å². The topological polar surface area (TPSA) is 70.5 Å². The van der Waals surface area contributed by atoms with Crippen LogP contribution in [0.2, 0.25) is 0 Å². The van der Waals surface area contributed by atoms with E-state index in [1.54, 1.807) is 4.90 Å². The van der Waals surface area contributed by atoms with Crippen LogP contribution in [0.25, 0.3) is 0 Å². The van der Waals surface area contributed by atoms with E-state index in [4.69, 9.17) is 0 Å². The molecule has 0 atom stereocenters. The number of carbonyl (C=O) groups is 1. The molecule has 0 radical (unpaired) electrons. The first-order valence-electron chi connectivity index (χ1n) is 9.17. The van der Waals surface area contributed by atoms with Crippen molar-refractivity contribution in [2.75, 3.05) is 6.54 Å². The second-order valence-electron chi connectivity index (χ2n) is 7.78. The summed E-state index contributed by atoms with van der Waals surface area (Å²) in [5.41, 5.74) is 3.86. The summed E-state index contributed by atoms with van der Waals surface area (Å²) in [7, 11) is 0. The number of hydrogen-bond acceptors (Lipinski definition) is 5. The third-order valence-electron chi connectivity index (χ3n) is 5.21. The molecule has 0 aromatic carbocycles. The second kappa shape index (κ2) is 7.21. The van der Waals surface area contributed by atoms with Crippen molar-refractivity contribution < 1.29 is 9.18 Å². The van der Waals surface area contributed by atoms with Gasteiger partial charge in [-0.2, -0.15) is 4.39 Å². The molecule has 0 unspecified atom stereocenters. The highest BCUT2D eigenvalue weighted by Crippen LogP contribution is 2.36. The van der Waals surface area contributed by atoms with Crippen molar-refractivity contribution in [3.63, 3.8) is 0 Å². The summed E-state index contributed by atoms with van der Waals surface area (Å²) in [6.07, 6.45) is 3.42. The fourth-order valence-electron chi connectivity index (χ4n) is 3.34. The number of halogens is 1. The van der Waals surface area contributed by atoms with Crippen LogP contribution in [-0.4, -0.2) is 39.6 Å². The maximum Gasteiger partial charge on any atom is 0.308 e. The number of aliphatic imine (C=N–C) groups is 1. The van der Waals surface area contributed by atoms with Gasteiger partial charge in [0.25, 0.3) is 5.91 Å². The van der Waals surface area contributed by atoms with E-state index in [2.05, 4.69) is 33.9 Å². The van der Waals surface area contributed by atoms with Crippen LogP contribution in [0.3, 0.4) is 0 Å². The fourth-order valence-corrected chi connectivity index (χ4v) is 3.34. The highest BCUT2D eigenvalue weighted by Gasteiger charge is 2.38. The van der Waals surface area contributed by atoms with E-state index in [1.807, 2.05) is 20.8 Å². The summed E-state index contributed by atoms with van der Waals surface area (Å²) < 4.78 is 13.2. The molecule has 1 aliphatic carbocycles. The summed E-state index contributed by atoms with van der Waals surface area (Å²) in [5.74, 6) is 0.591. The summed E-state index contributed by atoms with van der Waals surface area (Å²) in [5, 5.41) is 3.42. The lowest BCUT2D eigenvalue weighted by Gasteiger charge is -2.30. The normalized spacial score (nSPS) is 18.2. The quantitative estimate of drug-likeness (QED) is 0.374. The summed E-state index contributed by atoms with van der Waals surface area (Å²) >= 11 is 0. The number of allylic oxidation sites excluding steroid dienone is 1. The van der Waals surface area contributed by atoms with Gasteiger partial charge in [-0.15, -0.1) is 0 Å². The lowest BCUT2D eigenvalue weighted by atomic mass is 9.99. The average molecular weight is 371 g/mol. The first-order chi connectivity index (χ1) is 12.7. The molecular formula is C20H26FN5O. The van der Waals surface area contributed by atoms with Crippen molar-refractivity contribution in [2.24, 2.45) is 4.99 Å². The highest BCUT2D eigenvalue weighted by molar-refractivity contribution is 5.98. The van der Waals surface area contributed by atoms with Gasteiger partial charge in [0, 0.05) is 48.0 Å². The van der Waals surface area contributed by atoms with Crippen LogP contribution in [0.5, 0.6) is 0 Å². The number of fused-ring (bicyclic) bond motifs is 1. The maximum atomic E-state index is 13.3. The number of aromatic nitrogens is 2. The van der Waals surface area contributed by atoms with Crippen molar-refractivity contribution in [2.45, 2.75) is 59.0 Å². The third-order valence-corrected chi connectivity index (χ3v) is 5.21. The van der Waals surface area contributed by atoms with Crippen LogP contribution >= 0.6 is 0 Å². The van der Waals surface area contributed by atoms with Gasteiger partial charge in [-0.25, -0.2) is 15.0 Å². The molecule has 1 aromatic heterocycles. The second-order valence-corrected chi connectivity index (χ2v) is 7.78. The number of nitrogens with zero attached hydrogens (tertiary/aromatic N) is 4. The Labute approximate surface area is 159 Å². The third kappa shape index (κ3) is 4.07. The molecule has 1 saturated carbocycles. The van der Waals surface area contributed by atoms with Crippen LogP contribution < -0.4 is 5.32 Å². The number of amides is 1. The number of hydrogen-bond donors (Lipinski definition) is 1. The van der Waals surface area contributed by atoms with E-state index < -0.39 is 6.08 Å². The zero-order valence-corrected chi connectivity index (χ0v) is 16.4. The zero-order valence-electron chi connectivity index (χ0n) is 16.4. The van der Waals surface area contributed by atoms with Gasteiger partial charge in [0.15, 0.2) is 0 Å². The van der Waals surface area contributed by atoms with Gasteiger partial charge in [0.1, 0.15) is 5.82 Å². The Morgan fingerprint density at radius 3 is 2.67 bits per heavy atom. The van der Waals surface area contributed by atoms with E-state index in [-0.39, 0.29) is 11.4 Å². The summed E-state index contributed by atoms with van der Waals surface area (Å²) in [6.45, 7) is 12.4. The lowest BCUT2D eigenvalue weighted by molar-refractivity contribution is -0.127. The Bertz CT molecular complexity index is 850. The molecular weight excluding hydrogens is 345 g/mol. The van der Waals surface area contributed by atoms with Gasteiger partial charge in [0.2, 0.25) is 0 Å². The zero-order chi connectivity index (χ0) is 19.8. The van der Waals surface area contributed by atoms with Crippen molar-refractivity contribution in [3.8, 4) is 0 Å². The molecule has 0 spiro atoms. The van der Waals surface area contributed by atoms with Gasteiger partial charge >= 0.3 is 6.08 Å². The Hall–Kier alpha value is -2.57. The SMILES string of the molecule is C=N/C(NC1(C)CC1)=C(\C)C(C(=O)N1CCc2nc(F)ncc2C1)=C(C)C. The number of nitrogens with one attached hydrogen (secondary N) is 1. The minimum atomic E-state index is -0.723. The Kier molecular flexibility index (Phi) is 5.13. The van der Waals surface area contributed by atoms with Crippen LogP contribution in [0, 0.1) is 6.08 Å². The number of rotatable bonds is 5. The summed E-state index contributed by atoms with van der Waals surface area (Å²) in [6, 6.07) is 0. The predicted octanol–water partition coefficient (Wildman–Crippen LogP) is 2.91. The van der Waals surface area contributed by atoms with Gasteiger partial charge in [-0.1, -0.05) is 5.57 Å². The van der Waals surface area contributed by atoms with E-state index in [1.165, 1.54) is 6.20 Å². The molecule has 0 bridgehead atoms. The minimum Gasteiger partial charge on any atom is -0.365 e. The Morgan fingerprint density at radius 2 is 2.07 bits per heavy atom. The molecule has 1 fully saturated rings. The van der Waals surface area contributed by atoms with Crippen molar-refractivity contribution >= 4 is 12.6 Å². The van der Waals surface area contributed by atoms with Gasteiger partial charge in [0.05, 0.1) is 5.69 Å². The Morgan fingerprint density at radius 1 is 1.37 bits per heavy atom. The van der Waals surface area contributed by atoms with Crippen LogP contribution in [0.15, 0.2) is 33.7 Å². The predicted molar refractivity (Wildman–Crippen MR) is 103 cm³/mol. The van der Waals surface area contributed by atoms with Gasteiger partial charge in [-0.3, -0.25) is 4.79 Å². The van der Waals surface area contributed by atoms with Crippen molar-refractivity contribution in [1.82, 2.24) is 20.2 Å². The van der Waals surface area contributed by atoms with Crippen LogP contribution in [0.4, 0.5) is 4.39 Å². The highest BCUT2D eigenvalue weighted by atomic mass is 19.1. The molecule has 144 valence electrons. The van der Waals surface area contributed by atoms with Crippen molar-refractivity contribution in [1.29, 1.82) is 0 Å². The van der Waals surface area contributed by atoms with E-state index in [9.17, 15) is 9.18 Å². The van der Waals surface area contributed by atoms with Crippen molar-refractivity contribution in [3.05, 3.63) is 46.1 Å². The first kappa shape index (κ1) is 19.2. The molecule has 2 heterocycles. The maximum absolute atomic E-state index is 13.3. The smallest absolute Gasteiger partial charge is 0.308 e. The fraction of sp³-hybridized carbons (Fsp3) is 0.500. The largest absolute Gasteiger partial charge is 0.365 e. The monoisotopic (exact) mass is 371 g/mol. The molecule has 1 aliphatic heterocycles. The van der Waals surface area contributed by atoms with Gasteiger partial charge < -0.3 is 10.2 Å². The first-order valence-corrected chi connectivity index (χ1v) is 9.17. The molecule has 27 heavy (non-hydrogen) atoms. The standard InChI is InChI=1S/C20H26FN5O/c1-12(2)16(13(3)17(22-5)25-20(4)7-8-20)18(27)26-9-6-15-14(11-26)10-23-19(21)24-15/h10,25H,5-9,11H2,1-4H3/b17-13-. The molecule has 0 saturated heterocycles. The molecule has 6 nitrogen and oxygen atoms in total. The van der Waals surface area contributed by atoms with Gasteiger partial charge in [-0.05, 0) is 47.3 Å². The summed E-state index contributed by atoms with van der Waals surface area (Å²) in [4.78, 5) is 26.6. The lowest BCUT2D eigenvalue weighted by Crippen LogP contribution is -2.38. The molecule has 7 heteroatoms. The molecule has 1 aromatic rings. The van der Waals surface area contributed by atoms with E-state index >= 15 is 0 Å². The Balaban J connectivity index is 1.87. The molecule has 2 aliphatic rings. The van der Waals surface area contributed by atoms with E-state index in [0.717, 1.165) is 29.6 Å². The molecule has 3 rings (SSSR count). The molecule has 1 amide bonds. The average Bonchev–Trinajstić information content (AvgIpc) is 3.36. The number of carbonyl (C=O) groups excluding carboxylic acids is 1. The van der Waals surface area contributed by atoms with E-state index in [0.29, 0.717) is 36.6 Å². The molecule has 1 N–H and O–H groups in total. The van der Waals surface area contributed by atoms with Crippen LogP contribution in [-0.2, 0) is 17.8 Å². The minimum absolute atomic E-state index is 0.0407.